The highest BCUT2D eigenvalue weighted by Crippen LogP contribution is 2.12. The van der Waals surface area contributed by atoms with Gasteiger partial charge in [-0.2, -0.15) is 0 Å². The first-order valence-corrected chi connectivity index (χ1v) is 14.2. The van der Waals surface area contributed by atoms with Gasteiger partial charge in [0, 0.05) is 12.7 Å². The molecule has 226 valence electrons. The third-order valence-corrected chi connectivity index (χ3v) is 6.88. The highest BCUT2D eigenvalue weighted by Gasteiger charge is 2.26. The molecular formula is C24H31ClN4O11S. The van der Waals surface area contributed by atoms with Gasteiger partial charge < -0.3 is 36.2 Å². The first-order chi connectivity index (χ1) is 19.1. The van der Waals surface area contributed by atoms with Gasteiger partial charge in [-0.25, -0.2) is 13.2 Å². The van der Waals surface area contributed by atoms with Gasteiger partial charge in [-0.1, -0.05) is 41.9 Å². The van der Waals surface area contributed by atoms with Crippen molar-refractivity contribution in [3.05, 3.63) is 46.3 Å². The van der Waals surface area contributed by atoms with E-state index in [2.05, 4.69) is 21.3 Å². The van der Waals surface area contributed by atoms with Crippen LogP contribution in [0.4, 0.5) is 4.79 Å². The number of rotatable bonds is 16. The van der Waals surface area contributed by atoms with Crippen LogP contribution in [0, 0.1) is 0 Å². The molecular weight excluding hydrogens is 588 g/mol. The summed E-state index contributed by atoms with van der Waals surface area (Å²) in [7, 11) is -3.87. The molecule has 0 spiro atoms. The molecule has 0 unspecified atom stereocenters. The molecule has 1 aromatic rings. The van der Waals surface area contributed by atoms with Crippen LogP contribution in [0.15, 0.2) is 40.8 Å². The maximum atomic E-state index is 12.7. The van der Waals surface area contributed by atoms with Crippen molar-refractivity contribution in [1.82, 2.24) is 21.3 Å². The van der Waals surface area contributed by atoms with Crippen LogP contribution >= 0.6 is 11.6 Å². The lowest BCUT2D eigenvalue weighted by Gasteiger charge is -2.21. The predicted octanol–water partition coefficient (Wildman–Crippen LogP) is -0.149. The van der Waals surface area contributed by atoms with Gasteiger partial charge in [0.2, 0.25) is 17.7 Å². The SMILES string of the molecule is C[C@H](NC(=O)OCc1ccccc1)C(=O)N[C@@H](CCC(=O)O)C(=O)NCC(=O)N[C@H](C=C(Cl)S(C)(=O)=O)CC(=O)O. The number of carboxylic acid groups (broad SMARTS) is 2. The van der Waals surface area contributed by atoms with Crippen LogP contribution < -0.4 is 21.3 Å². The zero-order valence-electron chi connectivity index (χ0n) is 22.1. The van der Waals surface area contributed by atoms with Gasteiger partial charge in [-0.05, 0) is 25.0 Å². The van der Waals surface area contributed by atoms with Gasteiger partial charge in [-0.3, -0.25) is 24.0 Å². The number of carbonyl (C=O) groups is 6. The second-order valence-electron chi connectivity index (χ2n) is 8.65. The van der Waals surface area contributed by atoms with Crippen LogP contribution in [0.2, 0.25) is 0 Å². The third kappa shape index (κ3) is 14.7. The molecule has 17 heteroatoms. The molecule has 0 bridgehead atoms. The number of carbonyl (C=O) groups excluding carboxylic acids is 4. The zero-order chi connectivity index (χ0) is 31.2. The monoisotopic (exact) mass is 618 g/mol. The number of hydrogen-bond acceptors (Lipinski definition) is 9. The second kappa shape index (κ2) is 16.8. The van der Waals surface area contributed by atoms with E-state index in [4.69, 9.17) is 26.6 Å². The summed E-state index contributed by atoms with van der Waals surface area (Å²) in [6, 6.07) is 4.78. The lowest BCUT2D eigenvalue weighted by Crippen LogP contribution is -2.54. The Morgan fingerprint density at radius 3 is 2.17 bits per heavy atom. The van der Waals surface area contributed by atoms with Crippen LogP contribution in [-0.4, -0.2) is 85.3 Å². The Bertz CT molecular complexity index is 1260. The van der Waals surface area contributed by atoms with E-state index in [-0.39, 0.29) is 13.0 Å². The van der Waals surface area contributed by atoms with Crippen molar-refractivity contribution in [2.24, 2.45) is 0 Å². The molecule has 15 nitrogen and oxygen atoms in total. The van der Waals surface area contributed by atoms with E-state index in [0.717, 1.165) is 12.3 Å². The maximum Gasteiger partial charge on any atom is 0.408 e. The predicted molar refractivity (Wildman–Crippen MR) is 144 cm³/mol. The van der Waals surface area contributed by atoms with Gasteiger partial charge in [-0.15, -0.1) is 0 Å². The van der Waals surface area contributed by atoms with Crippen molar-refractivity contribution in [2.45, 2.75) is 50.9 Å². The van der Waals surface area contributed by atoms with E-state index < -0.39 is 87.5 Å². The molecule has 0 heterocycles. The van der Waals surface area contributed by atoms with Crippen molar-refractivity contribution in [2.75, 3.05) is 12.8 Å². The Morgan fingerprint density at radius 2 is 1.61 bits per heavy atom. The second-order valence-corrected chi connectivity index (χ2v) is 11.3. The van der Waals surface area contributed by atoms with Crippen molar-refractivity contribution >= 4 is 57.2 Å². The number of ether oxygens (including phenoxy) is 1. The minimum atomic E-state index is -3.87. The normalized spacial score (nSPS) is 13.6. The van der Waals surface area contributed by atoms with Crippen LogP contribution in [0.5, 0.6) is 0 Å². The first kappa shape index (κ1) is 34.8. The minimum Gasteiger partial charge on any atom is -0.481 e. The van der Waals surface area contributed by atoms with E-state index >= 15 is 0 Å². The Kier molecular flexibility index (Phi) is 14.3. The Labute approximate surface area is 240 Å². The van der Waals surface area contributed by atoms with E-state index in [1.54, 1.807) is 30.3 Å². The Balaban J connectivity index is 2.76. The zero-order valence-corrected chi connectivity index (χ0v) is 23.7. The van der Waals surface area contributed by atoms with Gasteiger partial charge in [0.05, 0.1) is 19.0 Å². The lowest BCUT2D eigenvalue weighted by molar-refractivity contribution is -0.139. The summed E-state index contributed by atoms with van der Waals surface area (Å²) >= 11 is 5.64. The van der Waals surface area contributed by atoms with Gasteiger partial charge in [0.15, 0.2) is 9.84 Å². The van der Waals surface area contributed by atoms with E-state index in [0.29, 0.717) is 5.56 Å². The fourth-order valence-electron chi connectivity index (χ4n) is 3.01. The van der Waals surface area contributed by atoms with Crippen LogP contribution in [0.25, 0.3) is 0 Å². The van der Waals surface area contributed by atoms with Crippen LogP contribution in [0.3, 0.4) is 0 Å². The quantitative estimate of drug-likeness (QED) is 0.142. The number of benzene rings is 1. The molecule has 6 N–H and O–H groups in total. The lowest BCUT2D eigenvalue weighted by atomic mass is 10.1. The molecule has 3 atom stereocenters. The molecule has 0 aliphatic heterocycles. The fraction of sp³-hybridized carbons (Fsp3) is 0.417. The number of carboxylic acids is 2. The molecule has 0 fully saturated rings. The topological polar surface area (TPSA) is 234 Å². The summed E-state index contributed by atoms with van der Waals surface area (Å²) in [4.78, 5) is 71.6. The smallest absolute Gasteiger partial charge is 0.408 e. The number of halogens is 1. The molecule has 0 saturated heterocycles. The summed E-state index contributed by atoms with van der Waals surface area (Å²) in [6.45, 7) is 0.505. The van der Waals surface area contributed by atoms with Crippen molar-refractivity contribution in [3.63, 3.8) is 0 Å². The summed E-state index contributed by atoms with van der Waals surface area (Å²) in [6.07, 6.45) is -0.932. The number of alkyl carbamates (subject to hydrolysis) is 1. The fourth-order valence-corrected chi connectivity index (χ4v) is 3.57. The van der Waals surface area contributed by atoms with E-state index in [1.165, 1.54) is 6.92 Å². The maximum absolute atomic E-state index is 12.7. The molecule has 41 heavy (non-hydrogen) atoms. The first-order valence-electron chi connectivity index (χ1n) is 11.9. The van der Waals surface area contributed by atoms with Crippen LogP contribution in [-0.2, 0) is 45.2 Å². The van der Waals surface area contributed by atoms with Gasteiger partial charge >= 0.3 is 18.0 Å². The summed E-state index contributed by atoms with van der Waals surface area (Å²) < 4.78 is 27.3. The minimum absolute atomic E-state index is 0.0592. The number of hydrogen-bond donors (Lipinski definition) is 6. The van der Waals surface area contributed by atoms with Gasteiger partial charge in [0.25, 0.3) is 0 Å². The van der Waals surface area contributed by atoms with Crippen molar-refractivity contribution in [3.8, 4) is 0 Å². The molecule has 0 radical (unpaired) electrons. The molecule has 1 rings (SSSR count). The highest BCUT2D eigenvalue weighted by atomic mass is 35.5. The molecule has 0 aliphatic carbocycles. The van der Waals surface area contributed by atoms with Gasteiger partial charge in [0.1, 0.15) is 23.1 Å². The number of aliphatic carboxylic acids is 2. The Morgan fingerprint density at radius 1 is 0.976 bits per heavy atom. The van der Waals surface area contributed by atoms with Crippen molar-refractivity contribution in [1.29, 1.82) is 0 Å². The van der Waals surface area contributed by atoms with E-state index in [9.17, 15) is 37.2 Å². The highest BCUT2D eigenvalue weighted by molar-refractivity contribution is 7.96. The van der Waals surface area contributed by atoms with Crippen LogP contribution in [0.1, 0.15) is 31.7 Å². The molecule has 0 aliphatic rings. The standard InChI is InChI=1S/C24H31ClN4O11S/c1-14(27-24(37)40-13-15-6-4-3-5-7-15)22(35)29-17(8-9-20(31)32)23(36)26-12-19(30)28-16(11-21(33)34)10-18(25)41(2,38)39/h3-7,10,14,16-17H,8-9,11-13H2,1-2H3,(H,26,36)(H,27,37)(H,28,30)(H,29,35)(H,31,32)(H,33,34)/t14-,16+,17-/m0/s1. The average Bonchev–Trinajstić information content (AvgIpc) is 2.87. The Hall–Kier alpha value is -4.18. The molecule has 1 aromatic carbocycles. The average molecular weight is 619 g/mol. The number of amides is 4. The summed E-state index contributed by atoms with van der Waals surface area (Å²) in [5.74, 6) is -5.38. The molecule has 0 saturated carbocycles. The van der Waals surface area contributed by atoms with E-state index in [1.807, 2.05) is 0 Å². The summed E-state index contributed by atoms with van der Waals surface area (Å²) in [5, 5.41) is 27.0. The van der Waals surface area contributed by atoms with Crippen molar-refractivity contribution < 1.29 is 52.1 Å². The number of sulfone groups is 1. The third-order valence-electron chi connectivity index (χ3n) is 5.07. The largest absolute Gasteiger partial charge is 0.481 e. The molecule has 4 amide bonds. The molecule has 0 aromatic heterocycles. The number of nitrogens with one attached hydrogen (secondary N) is 4. The summed E-state index contributed by atoms with van der Waals surface area (Å²) in [5.41, 5.74) is 0.706.